The largest absolute Gasteiger partial charge is 0.232 e. The van der Waals surface area contributed by atoms with Crippen molar-refractivity contribution in [1.82, 2.24) is 0 Å². The van der Waals surface area contributed by atoms with Crippen molar-refractivity contribution in [2.45, 2.75) is 46.1 Å². The fraction of sp³-hybridized carbons (Fsp3) is 1.00. The first-order chi connectivity index (χ1) is 4.97. The van der Waals surface area contributed by atoms with E-state index in [2.05, 4.69) is 20.8 Å². The van der Waals surface area contributed by atoms with Crippen LogP contribution in [0.15, 0.2) is 0 Å². The third-order valence-corrected chi connectivity index (χ3v) is 4.14. The molecule has 2 aliphatic carbocycles. The van der Waals surface area contributed by atoms with E-state index in [4.69, 9.17) is 0 Å². The molecule has 1 heteroatoms. The van der Waals surface area contributed by atoms with Crippen molar-refractivity contribution in [3.63, 3.8) is 0 Å². The molecule has 0 amide bonds. The summed E-state index contributed by atoms with van der Waals surface area (Å²) in [4.78, 5) is 0. The maximum absolute atomic E-state index is 11.9. The Morgan fingerprint density at radius 2 is 1.91 bits per heavy atom. The Kier molecular flexibility index (Phi) is 1.26. The molecule has 0 N–H and O–H groups in total. The van der Waals surface area contributed by atoms with Gasteiger partial charge in [0.05, 0.1) is 0 Å². The monoisotopic (exact) mass is 153 g/mol. The van der Waals surface area contributed by atoms with E-state index in [1.807, 2.05) is 0 Å². The van der Waals surface area contributed by atoms with Gasteiger partial charge in [-0.2, -0.15) is 0 Å². The average Bonchev–Trinajstić information content (AvgIpc) is 2.36. The highest BCUT2D eigenvalue weighted by Gasteiger charge is 2.59. The summed E-state index contributed by atoms with van der Waals surface area (Å²) in [5.74, 6) is 0.718. The Balaban J connectivity index is 2.34. The minimum Gasteiger partial charge on any atom is -0.232 e. The summed E-state index contributed by atoms with van der Waals surface area (Å²) in [6.45, 7) is 6.49. The highest BCUT2D eigenvalue weighted by atomic mass is 16.3. The summed E-state index contributed by atoms with van der Waals surface area (Å²) in [5, 5.41) is 11.9. The van der Waals surface area contributed by atoms with Gasteiger partial charge in [-0.1, -0.05) is 20.8 Å². The van der Waals surface area contributed by atoms with Crippen molar-refractivity contribution >= 4 is 0 Å². The van der Waals surface area contributed by atoms with Gasteiger partial charge in [0.25, 0.3) is 0 Å². The quantitative estimate of drug-likeness (QED) is 0.510. The second-order valence-electron chi connectivity index (χ2n) is 5.30. The van der Waals surface area contributed by atoms with Gasteiger partial charge in [-0.3, -0.25) is 0 Å². The first kappa shape index (κ1) is 7.60. The lowest BCUT2D eigenvalue weighted by molar-refractivity contribution is -0.0806. The molecular weight excluding hydrogens is 136 g/mol. The van der Waals surface area contributed by atoms with Crippen LogP contribution in [0.1, 0.15) is 40.0 Å². The Hall–Kier alpha value is -0.0400. The molecule has 2 rings (SSSR count). The number of fused-ring (bicyclic) bond motifs is 2. The van der Waals surface area contributed by atoms with Gasteiger partial charge in [0.15, 0.2) is 0 Å². The van der Waals surface area contributed by atoms with Gasteiger partial charge in [0, 0.05) is 0 Å². The number of rotatable bonds is 0. The Morgan fingerprint density at radius 1 is 1.27 bits per heavy atom. The summed E-state index contributed by atoms with van der Waals surface area (Å²) >= 11 is 0. The summed E-state index contributed by atoms with van der Waals surface area (Å²) in [7, 11) is 0. The van der Waals surface area contributed by atoms with Crippen molar-refractivity contribution in [2.24, 2.45) is 16.7 Å². The van der Waals surface area contributed by atoms with Crippen LogP contribution in [0, 0.1) is 16.7 Å². The molecule has 0 aromatic carbocycles. The predicted octanol–water partition coefficient (Wildman–Crippen LogP) is 2.63. The Morgan fingerprint density at radius 3 is 2.18 bits per heavy atom. The van der Waals surface area contributed by atoms with Crippen LogP contribution < -0.4 is 0 Å². The molecule has 1 radical (unpaired) electrons. The average molecular weight is 153 g/mol. The lowest BCUT2D eigenvalue weighted by Gasteiger charge is -2.37. The summed E-state index contributed by atoms with van der Waals surface area (Å²) in [5.41, 5.74) is 0.223. The normalized spacial score (nSPS) is 53.5. The fourth-order valence-electron chi connectivity index (χ4n) is 3.26. The van der Waals surface area contributed by atoms with E-state index in [-0.39, 0.29) is 16.9 Å². The molecule has 3 unspecified atom stereocenters. The van der Waals surface area contributed by atoms with Gasteiger partial charge >= 0.3 is 0 Å². The van der Waals surface area contributed by atoms with Gasteiger partial charge in [-0.05, 0) is 36.0 Å². The zero-order valence-electron chi connectivity index (χ0n) is 7.68. The van der Waals surface area contributed by atoms with Crippen molar-refractivity contribution in [3.05, 3.63) is 0 Å². The summed E-state index contributed by atoms with van der Waals surface area (Å²) in [6.07, 6.45) is 3.35. The van der Waals surface area contributed by atoms with Gasteiger partial charge in [-0.25, -0.2) is 5.11 Å². The van der Waals surface area contributed by atoms with Crippen molar-refractivity contribution in [1.29, 1.82) is 0 Å². The van der Waals surface area contributed by atoms with E-state index in [9.17, 15) is 5.11 Å². The number of hydrogen-bond donors (Lipinski definition) is 0. The van der Waals surface area contributed by atoms with Crippen molar-refractivity contribution < 1.29 is 5.11 Å². The molecule has 11 heavy (non-hydrogen) atoms. The zero-order valence-corrected chi connectivity index (χ0v) is 7.68. The van der Waals surface area contributed by atoms with Crippen molar-refractivity contribution in [2.75, 3.05) is 0 Å². The molecule has 0 spiro atoms. The standard InChI is InChI=1S/C10H17O/c1-9(2)7-4-5-10(3,6-7)8(9)11/h7-8H,4-6H2,1-3H3. The van der Waals surface area contributed by atoms with Gasteiger partial charge in [0.2, 0.25) is 0 Å². The SMILES string of the molecule is CC12CCC(C1)C(C)(C)C2[O]. The third-order valence-electron chi connectivity index (χ3n) is 4.14. The highest BCUT2D eigenvalue weighted by Crippen LogP contribution is 2.62. The molecule has 0 aliphatic heterocycles. The Labute approximate surface area is 68.8 Å². The van der Waals surface area contributed by atoms with E-state index in [1.54, 1.807) is 0 Å². The van der Waals surface area contributed by atoms with Crippen LogP contribution in [-0.4, -0.2) is 6.10 Å². The van der Waals surface area contributed by atoms with Crippen LogP contribution in [0.5, 0.6) is 0 Å². The molecule has 2 aliphatic rings. The summed E-state index contributed by atoms with van der Waals surface area (Å²) in [6, 6.07) is 0. The molecule has 2 saturated carbocycles. The van der Waals surface area contributed by atoms with Crippen LogP contribution in [-0.2, 0) is 5.11 Å². The second-order valence-corrected chi connectivity index (χ2v) is 5.30. The fourth-order valence-corrected chi connectivity index (χ4v) is 3.26. The highest BCUT2D eigenvalue weighted by molar-refractivity contribution is 5.08. The molecule has 0 heterocycles. The molecule has 1 nitrogen and oxygen atoms in total. The Bertz CT molecular complexity index is 181. The number of hydrogen-bond acceptors (Lipinski definition) is 0. The van der Waals surface area contributed by atoms with E-state index in [0.29, 0.717) is 0 Å². The second kappa shape index (κ2) is 1.82. The van der Waals surface area contributed by atoms with Gasteiger partial charge < -0.3 is 0 Å². The van der Waals surface area contributed by atoms with Gasteiger partial charge in [-0.15, -0.1) is 0 Å². The lowest BCUT2D eigenvalue weighted by atomic mass is 9.70. The van der Waals surface area contributed by atoms with E-state index in [1.165, 1.54) is 19.3 Å². The van der Waals surface area contributed by atoms with Crippen LogP contribution in [0.25, 0.3) is 0 Å². The predicted molar refractivity (Wildman–Crippen MR) is 43.7 cm³/mol. The first-order valence-corrected chi connectivity index (χ1v) is 4.63. The molecule has 63 valence electrons. The molecule has 0 aromatic heterocycles. The maximum Gasteiger partial charge on any atom is 0.104 e. The smallest absolute Gasteiger partial charge is 0.104 e. The molecular formula is C10H17O. The summed E-state index contributed by atoms with van der Waals surface area (Å²) < 4.78 is 0. The molecule has 3 atom stereocenters. The van der Waals surface area contributed by atoms with Crippen LogP contribution in [0.3, 0.4) is 0 Å². The van der Waals surface area contributed by atoms with Crippen LogP contribution in [0.2, 0.25) is 0 Å². The van der Waals surface area contributed by atoms with Crippen LogP contribution >= 0.6 is 0 Å². The maximum atomic E-state index is 11.9. The first-order valence-electron chi connectivity index (χ1n) is 4.63. The van der Waals surface area contributed by atoms with E-state index in [0.717, 1.165) is 5.92 Å². The van der Waals surface area contributed by atoms with Gasteiger partial charge in [0.1, 0.15) is 6.10 Å². The minimum atomic E-state index is -0.311. The van der Waals surface area contributed by atoms with E-state index < -0.39 is 0 Å². The van der Waals surface area contributed by atoms with E-state index >= 15 is 0 Å². The third kappa shape index (κ3) is 0.752. The lowest BCUT2D eigenvalue weighted by Crippen LogP contribution is -2.38. The molecule has 2 fully saturated rings. The molecule has 0 aromatic rings. The van der Waals surface area contributed by atoms with Crippen LogP contribution in [0.4, 0.5) is 0 Å². The van der Waals surface area contributed by atoms with Crippen molar-refractivity contribution in [3.8, 4) is 0 Å². The molecule has 0 saturated heterocycles. The zero-order chi connectivity index (χ0) is 8.28. The topological polar surface area (TPSA) is 19.9 Å². The molecule has 2 bridgehead atoms. The minimum absolute atomic E-state index is 0.0764.